The maximum Gasteiger partial charge on any atom is 0.318 e. The standard InChI is InChI=1S/C53H71N3O15S/c1-8-55-39(30-38-20-16-17-22-42(38)55)21-13-10-9-11-14-23-44-50(2,3)41-31-40(72(65,66)67)26-27-43(41)56(44)29-18-12-15-24-45(60)54-28-19-25-46(61)69-35-52(5,34-59)49(64)71-37-53(6,47(62)68-7)36-70-48(63)51(4,32-57)33-58/h9-11,13-14,16-17,20-23,26-27,31,57-59H,8,12,15,18-19,24-25,28-30,32-37H2,1-7H3,(H-,54,60,65,66,67)/p+1. The summed E-state index contributed by atoms with van der Waals surface area (Å²) in [5.41, 5.74) is 0.668. The number of esters is 4. The molecule has 2 unspecified atom stereocenters. The molecule has 0 aliphatic carbocycles. The van der Waals surface area contributed by atoms with Gasteiger partial charge in [0.2, 0.25) is 11.6 Å². The first-order valence-electron chi connectivity index (χ1n) is 24.0. The van der Waals surface area contributed by atoms with Gasteiger partial charge >= 0.3 is 23.9 Å². The van der Waals surface area contributed by atoms with Gasteiger partial charge in [0.15, 0.2) is 5.71 Å². The average Bonchev–Trinajstić information content (AvgIpc) is 3.83. The first-order chi connectivity index (χ1) is 34.0. The Morgan fingerprint density at radius 2 is 1.40 bits per heavy atom. The number of hydrogen-bond donors (Lipinski definition) is 5. The predicted molar refractivity (Wildman–Crippen MR) is 269 cm³/mol. The molecule has 5 N–H and O–H groups in total. The van der Waals surface area contributed by atoms with Crippen LogP contribution in [-0.2, 0) is 64.9 Å². The Morgan fingerprint density at radius 3 is 2.04 bits per heavy atom. The molecule has 4 rings (SSSR count). The Labute approximate surface area is 422 Å². The first kappa shape index (κ1) is 58.6. The number of carbonyl (C=O) groups is 5. The summed E-state index contributed by atoms with van der Waals surface area (Å²) in [7, 11) is -3.35. The summed E-state index contributed by atoms with van der Waals surface area (Å²) in [6.07, 6.45) is 17.3. The lowest BCUT2D eigenvalue weighted by molar-refractivity contribution is -0.438. The summed E-state index contributed by atoms with van der Waals surface area (Å²) >= 11 is 0. The van der Waals surface area contributed by atoms with Gasteiger partial charge in [-0.3, -0.25) is 28.5 Å². The SMILES string of the molecule is CCN1C(=CC=CC=CC=CC2=[N+](CCCCCC(=O)NCCCC(=O)OCC(C)(CO)C(=O)OCC(C)(COC(=O)C(C)(CO)CO)C(=O)OC)c3ccc(S(=O)(=O)O)cc3C2(C)C)Cc2ccccc21. The Kier molecular flexibility index (Phi) is 21.2. The number of nitrogens with one attached hydrogen (secondary N) is 1. The maximum atomic E-state index is 13.1. The summed E-state index contributed by atoms with van der Waals surface area (Å²) in [5.74, 6) is -3.80. The number of fused-ring (bicyclic) bond motifs is 2. The van der Waals surface area contributed by atoms with Crippen LogP contribution in [0.5, 0.6) is 0 Å². The van der Waals surface area contributed by atoms with E-state index in [0.29, 0.717) is 25.8 Å². The van der Waals surface area contributed by atoms with E-state index in [4.69, 9.17) is 18.9 Å². The molecule has 2 aromatic rings. The van der Waals surface area contributed by atoms with E-state index >= 15 is 0 Å². The summed E-state index contributed by atoms with van der Waals surface area (Å²) in [4.78, 5) is 65.5. The molecule has 18 nitrogen and oxygen atoms in total. The van der Waals surface area contributed by atoms with Crippen molar-refractivity contribution in [3.05, 3.63) is 102 Å². The number of amides is 1. The Hall–Kier alpha value is -5.99. The molecular formula is C53H72N3O15S+. The van der Waals surface area contributed by atoms with E-state index in [1.165, 1.54) is 49.9 Å². The molecule has 2 heterocycles. The number of unbranched alkanes of at least 4 members (excludes halogenated alkanes) is 2. The molecule has 19 heteroatoms. The van der Waals surface area contributed by atoms with E-state index < -0.39 is 95.3 Å². The van der Waals surface area contributed by atoms with E-state index in [1.54, 1.807) is 6.07 Å². The fourth-order valence-corrected chi connectivity index (χ4v) is 8.61. The third-order valence-corrected chi connectivity index (χ3v) is 13.8. The fourth-order valence-electron chi connectivity index (χ4n) is 8.10. The monoisotopic (exact) mass is 1020 g/mol. The molecular weight excluding hydrogens is 951 g/mol. The van der Waals surface area contributed by atoms with Crippen LogP contribution in [-0.4, -0.2) is 135 Å². The molecule has 2 aliphatic rings. The number of ether oxygens (including phenoxy) is 4. The quantitative estimate of drug-likeness (QED) is 0.0183. The molecule has 0 saturated carbocycles. The average molecular weight is 1020 g/mol. The molecule has 2 aromatic carbocycles. The van der Waals surface area contributed by atoms with Crippen LogP contribution in [0.4, 0.5) is 11.4 Å². The van der Waals surface area contributed by atoms with Gasteiger partial charge in [-0.2, -0.15) is 13.0 Å². The van der Waals surface area contributed by atoms with Crippen molar-refractivity contribution >= 4 is 57.0 Å². The van der Waals surface area contributed by atoms with Gasteiger partial charge in [-0.1, -0.05) is 48.6 Å². The van der Waals surface area contributed by atoms with Crippen LogP contribution in [0.15, 0.2) is 95.6 Å². The molecule has 0 saturated heterocycles. The number of para-hydroxylation sites is 1. The summed E-state index contributed by atoms with van der Waals surface area (Å²) in [5, 5.41) is 31.8. The van der Waals surface area contributed by atoms with Crippen LogP contribution >= 0.6 is 0 Å². The molecule has 2 atom stereocenters. The van der Waals surface area contributed by atoms with Crippen LogP contribution in [0.25, 0.3) is 0 Å². The van der Waals surface area contributed by atoms with Crippen molar-refractivity contribution in [1.82, 2.24) is 5.32 Å². The number of benzene rings is 2. The molecule has 2 aliphatic heterocycles. The summed E-state index contributed by atoms with van der Waals surface area (Å²) in [6.45, 7) is 7.58. The lowest BCUT2D eigenvalue weighted by Crippen LogP contribution is -2.45. The van der Waals surface area contributed by atoms with Gasteiger partial charge in [0.25, 0.3) is 10.1 Å². The zero-order chi connectivity index (χ0) is 53.3. The highest BCUT2D eigenvalue weighted by molar-refractivity contribution is 7.85. The topological polar surface area (TPSA) is 256 Å². The maximum absolute atomic E-state index is 13.1. The fraction of sp³-hybridized carbons (Fsp3) is 0.509. The van der Waals surface area contributed by atoms with Gasteiger partial charge < -0.3 is 44.5 Å². The van der Waals surface area contributed by atoms with Gasteiger partial charge in [0.05, 0.1) is 37.2 Å². The number of allylic oxidation sites excluding steroid dienone is 8. The number of nitrogens with zero attached hydrogens (tertiary/aromatic N) is 2. The van der Waals surface area contributed by atoms with Gasteiger partial charge in [0.1, 0.15) is 42.6 Å². The normalized spacial score (nSPS) is 16.7. The van der Waals surface area contributed by atoms with Crippen LogP contribution in [0, 0.1) is 16.2 Å². The number of aliphatic hydroxyl groups excluding tert-OH is 3. The second kappa shape index (κ2) is 26.1. The number of carbonyl (C=O) groups excluding carboxylic acids is 5. The second-order valence-corrected chi connectivity index (χ2v) is 20.8. The van der Waals surface area contributed by atoms with Crippen LogP contribution in [0.3, 0.4) is 0 Å². The molecule has 0 fully saturated rings. The molecule has 1 amide bonds. The largest absolute Gasteiger partial charge is 0.468 e. The van der Waals surface area contributed by atoms with Gasteiger partial charge in [-0.25, -0.2) is 0 Å². The number of aliphatic hydroxyl groups is 3. The highest BCUT2D eigenvalue weighted by atomic mass is 32.2. The Morgan fingerprint density at radius 1 is 0.778 bits per heavy atom. The van der Waals surface area contributed by atoms with Crippen molar-refractivity contribution < 1.29 is 75.8 Å². The number of hydrogen-bond acceptors (Lipinski definition) is 15. The molecule has 0 aromatic heterocycles. The van der Waals surface area contributed by atoms with Gasteiger partial charge in [0, 0.05) is 67.9 Å². The molecule has 0 bridgehead atoms. The Bertz CT molecular complexity index is 2540. The summed E-state index contributed by atoms with van der Waals surface area (Å²) in [6, 6.07) is 13.0. The minimum absolute atomic E-state index is 0.103. The highest BCUT2D eigenvalue weighted by Gasteiger charge is 2.46. The van der Waals surface area contributed by atoms with E-state index in [2.05, 4.69) is 52.1 Å². The smallest absolute Gasteiger partial charge is 0.318 e. The summed E-state index contributed by atoms with van der Waals surface area (Å²) < 4.78 is 56.7. The van der Waals surface area contributed by atoms with Crippen molar-refractivity contribution in [2.45, 2.75) is 96.8 Å². The second-order valence-electron chi connectivity index (χ2n) is 19.4. The molecule has 0 radical (unpaired) electrons. The van der Waals surface area contributed by atoms with Crippen LogP contribution in [0.1, 0.15) is 91.2 Å². The first-order valence-corrected chi connectivity index (χ1v) is 25.5. The number of likely N-dealkylation sites (N-methyl/N-ethyl adjacent to an activating group) is 1. The van der Waals surface area contributed by atoms with E-state index in [-0.39, 0.29) is 36.6 Å². The third kappa shape index (κ3) is 15.0. The van der Waals surface area contributed by atoms with E-state index in [9.17, 15) is 52.3 Å². The lowest BCUT2D eigenvalue weighted by atomic mass is 9.81. The number of anilines is 1. The molecule has 72 heavy (non-hydrogen) atoms. The number of methoxy groups -OCH3 is 1. The predicted octanol–water partition coefficient (Wildman–Crippen LogP) is 5.20. The van der Waals surface area contributed by atoms with E-state index in [1.807, 2.05) is 50.3 Å². The van der Waals surface area contributed by atoms with Crippen molar-refractivity contribution in [3.63, 3.8) is 0 Å². The van der Waals surface area contributed by atoms with Crippen molar-refractivity contribution in [2.75, 3.05) is 71.3 Å². The van der Waals surface area contributed by atoms with Crippen molar-refractivity contribution in [2.24, 2.45) is 16.2 Å². The van der Waals surface area contributed by atoms with Crippen molar-refractivity contribution in [1.29, 1.82) is 0 Å². The Balaban J connectivity index is 1.24. The minimum Gasteiger partial charge on any atom is -0.468 e. The van der Waals surface area contributed by atoms with Gasteiger partial charge in [-0.15, -0.1) is 0 Å². The van der Waals surface area contributed by atoms with E-state index in [0.717, 1.165) is 37.0 Å². The minimum atomic E-state index is -4.43. The zero-order valence-corrected chi connectivity index (χ0v) is 43.3. The number of rotatable bonds is 28. The van der Waals surface area contributed by atoms with Crippen molar-refractivity contribution in [3.8, 4) is 0 Å². The zero-order valence-electron chi connectivity index (χ0n) is 42.5. The van der Waals surface area contributed by atoms with Crippen LogP contribution < -0.4 is 10.2 Å². The molecule has 394 valence electrons. The van der Waals surface area contributed by atoms with Gasteiger partial charge in [-0.05, 0) is 90.6 Å². The lowest BCUT2D eigenvalue weighted by Gasteiger charge is -2.30. The van der Waals surface area contributed by atoms with Crippen LogP contribution in [0.2, 0.25) is 0 Å². The molecule has 0 spiro atoms. The highest BCUT2D eigenvalue weighted by Crippen LogP contribution is 2.41. The third-order valence-electron chi connectivity index (χ3n) is 12.9.